The minimum Gasteiger partial charge on any atom is -0.478 e. The average Bonchev–Trinajstić information content (AvgIpc) is 2.71. The minimum absolute atomic E-state index is 0.0413. The number of aromatic carboxylic acids is 1. The maximum Gasteiger partial charge on any atom is 0.335 e. The molecular weight excluding hydrogens is 374 g/mol. The highest BCUT2D eigenvalue weighted by atomic mass is 16.4. The molecular formula is C21H19N3O5. The van der Waals surface area contributed by atoms with E-state index in [1.165, 1.54) is 24.3 Å². The molecule has 2 aromatic rings. The van der Waals surface area contributed by atoms with Crippen molar-refractivity contribution in [2.45, 2.75) is 13.5 Å². The largest absolute Gasteiger partial charge is 0.478 e. The van der Waals surface area contributed by atoms with Crippen LogP contribution in [0.5, 0.6) is 0 Å². The molecule has 1 saturated heterocycles. The predicted molar refractivity (Wildman–Crippen MR) is 105 cm³/mol. The van der Waals surface area contributed by atoms with Gasteiger partial charge in [0, 0.05) is 11.4 Å². The summed E-state index contributed by atoms with van der Waals surface area (Å²) in [5.41, 5.74) is 1.67. The number of allylic oxidation sites excluding steroid dienone is 1. The second kappa shape index (κ2) is 8.39. The Labute approximate surface area is 166 Å². The van der Waals surface area contributed by atoms with Crippen LogP contribution < -0.4 is 10.6 Å². The molecule has 0 bridgehead atoms. The van der Waals surface area contributed by atoms with Gasteiger partial charge in [-0.3, -0.25) is 19.8 Å². The molecule has 0 saturated carbocycles. The number of hydrogen-bond acceptors (Lipinski definition) is 5. The zero-order valence-corrected chi connectivity index (χ0v) is 15.6. The van der Waals surface area contributed by atoms with E-state index in [-0.39, 0.29) is 12.1 Å². The Balaban J connectivity index is 1.82. The van der Waals surface area contributed by atoms with Gasteiger partial charge in [0.1, 0.15) is 0 Å². The number of nitrogens with zero attached hydrogens (tertiary/aromatic N) is 1. The van der Waals surface area contributed by atoms with E-state index in [4.69, 9.17) is 5.11 Å². The summed E-state index contributed by atoms with van der Waals surface area (Å²) >= 11 is 0. The van der Waals surface area contributed by atoms with Gasteiger partial charge in [-0.1, -0.05) is 36.4 Å². The van der Waals surface area contributed by atoms with Crippen molar-refractivity contribution in [3.05, 3.63) is 77.5 Å². The standard InChI is InChI=1S/C21H19N3O5/c1-2-16(22-15-10-8-14(9-11-15)20(27)28)17-18(25)23-21(29)24(19(17)26)12-13-6-4-3-5-7-13/h2-11,17,22H,12H2,1H3,(H,27,28)(H,23,25,29)/b16-2+/t17-/m1/s1. The number of urea groups is 1. The lowest BCUT2D eigenvalue weighted by atomic mass is 9.99. The van der Waals surface area contributed by atoms with E-state index in [0.29, 0.717) is 11.4 Å². The first-order valence-electron chi connectivity index (χ1n) is 8.87. The maximum absolute atomic E-state index is 13.0. The summed E-state index contributed by atoms with van der Waals surface area (Å²) in [6.07, 6.45) is 1.57. The fraction of sp³-hybridized carbons (Fsp3) is 0.143. The van der Waals surface area contributed by atoms with Crippen molar-refractivity contribution in [1.29, 1.82) is 0 Å². The first-order valence-corrected chi connectivity index (χ1v) is 8.87. The summed E-state index contributed by atoms with van der Waals surface area (Å²) in [4.78, 5) is 49.6. The number of carbonyl (C=O) groups excluding carboxylic acids is 3. The minimum atomic E-state index is -1.22. The molecule has 1 aliphatic rings. The highest BCUT2D eigenvalue weighted by Crippen LogP contribution is 2.23. The van der Waals surface area contributed by atoms with Gasteiger partial charge >= 0.3 is 12.0 Å². The van der Waals surface area contributed by atoms with Crippen LogP contribution >= 0.6 is 0 Å². The summed E-state index contributed by atoms with van der Waals surface area (Å²) in [5.74, 6) is -3.63. The number of benzene rings is 2. The number of hydrogen-bond donors (Lipinski definition) is 3. The molecule has 3 rings (SSSR count). The van der Waals surface area contributed by atoms with Gasteiger partial charge in [-0.05, 0) is 36.8 Å². The first-order chi connectivity index (χ1) is 13.9. The zero-order valence-electron chi connectivity index (χ0n) is 15.6. The summed E-state index contributed by atoms with van der Waals surface area (Å²) in [6, 6.07) is 14.1. The number of nitrogens with one attached hydrogen (secondary N) is 2. The van der Waals surface area contributed by atoms with Crippen LogP contribution in [-0.2, 0) is 16.1 Å². The third kappa shape index (κ3) is 4.32. The predicted octanol–water partition coefficient (Wildman–Crippen LogP) is 2.60. The van der Waals surface area contributed by atoms with Gasteiger partial charge in [-0.2, -0.15) is 0 Å². The molecule has 0 unspecified atom stereocenters. The second-order valence-electron chi connectivity index (χ2n) is 6.39. The van der Waals surface area contributed by atoms with Gasteiger partial charge in [0.15, 0.2) is 5.92 Å². The third-order valence-corrected chi connectivity index (χ3v) is 4.48. The van der Waals surface area contributed by atoms with E-state index >= 15 is 0 Å². The number of carboxylic acids is 1. The number of amides is 4. The van der Waals surface area contributed by atoms with E-state index in [9.17, 15) is 19.2 Å². The second-order valence-corrected chi connectivity index (χ2v) is 6.39. The maximum atomic E-state index is 13.0. The summed E-state index contributed by atoms with van der Waals surface area (Å²) < 4.78 is 0. The first kappa shape index (κ1) is 19.8. The van der Waals surface area contributed by atoms with E-state index in [0.717, 1.165) is 10.5 Å². The molecule has 148 valence electrons. The number of rotatable bonds is 6. The van der Waals surface area contributed by atoms with Crippen molar-refractivity contribution in [2.24, 2.45) is 5.92 Å². The fourth-order valence-corrected chi connectivity index (χ4v) is 2.98. The van der Waals surface area contributed by atoms with Crippen molar-refractivity contribution < 1.29 is 24.3 Å². The van der Waals surface area contributed by atoms with Crippen LogP contribution in [0.3, 0.4) is 0 Å². The smallest absolute Gasteiger partial charge is 0.335 e. The lowest BCUT2D eigenvalue weighted by Gasteiger charge is -2.31. The van der Waals surface area contributed by atoms with E-state index in [1.807, 2.05) is 6.07 Å². The Morgan fingerprint density at radius 3 is 2.34 bits per heavy atom. The Morgan fingerprint density at radius 2 is 1.76 bits per heavy atom. The SMILES string of the molecule is C/C=C(/Nc1ccc(C(=O)O)cc1)[C@@H]1C(=O)NC(=O)N(Cc2ccccc2)C1=O. The van der Waals surface area contributed by atoms with Crippen molar-refractivity contribution in [2.75, 3.05) is 5.32 Å². The zero-order chi connectivity index (χ0) is 21.0. The van der Waals surface area contributed by atoms with Crippen molar-refractivity contribution >= 4 is 29.5 Å². The Morgan fingerprint density at radius 1 is 1.10 bits per heavy atom. The molecule has 1 aliphatic heterocycles. The fourth-order valence-electron chi connectivity index (χ4n) is 2.98. The molecule has 0 aromatic heterocycles. The monoisotopic (exact) mass is 393 g/mol. The molecule has 29 heavy (non-hydrogen) atoms. The Hall–Kier alpha value is -3.94. The highest BCUT2D eigenvalue weighted by Gasteiger charge is 2.42. The number of anilines is 1. The normalized spacial score (nSPS) is 17.1. The molecule has 1 heterocycles. The summed E-state index contributed by atoms with van der Waals surface area (Å²) in [7, 11) is 0. The van der Waals surface area contributed by atoms with Crippen LogP contribution in [0.25, 0.3) is 0 Å². The molecule has 1 atom stereocenters. The third-order valence-electron chi connectivity index (χ3n) is 4.48. The van der Waals surface area contributed by atoms with Crippen molar-refractivity contribution in [3.63, 3.8) is 0 Å². The van der Waals surface area contributed by atoms with E-state index in [1.54, 1.807) is 37.3 Å². The lowest BCUT2D eigenvalue weighted by Crippen LogP contribution is -2.58. The lowest BCUT2D eigenvalue weighted by molar-refractivity contribution is -0.141. The molecule has 8 nitrogen and oxygen atoms in total. The van der Waals surface area contributed by atoms with Crippen LogP contribution in [-0.4, -0.2) is 33.8 Å². The quantitative estimate of drug-likeness (QED) is 0.650. The topological polar surface area (TPSA) is 116 Å². The molecule has 2 aromatic carbocycles. The molecule has 3 N–H and O–H groups in total. The van der Waals surface area contributed by atoms with Gasteiger partial charge < -0.3 is 10.4 Å². The van der Waals surface area contributed by atoms with Gasteiger partial charge in [-0.25, -0.2) is 9.59 Å². The van der Waals surface area contributed by atoms with E-state index in [2.05, 4.69) is 10.6 Å². The molecule has 0 aliphatic carbocycles. The number of carbonyl (C=O) groups is 4. The van der Waals surface area contributed by atoms with Crippen LogP contribution in [0.4, 0.5) is 10.5 Å². The van der Waals surface area contributed by atoms with Crippen LogP contribution in [0.1, 0.15) is 22.8 Å². The molecule has 1 fully saturated rings. The number of carboxylic acid groups (broad SMARTS) is 1. The van der Waals surface area contributed by atoms with E-state index < -0.39 is 29.7 Å². The number of imide groups is 2. The van der Waals surface area contributed by atoms with Crippen LogP contribution in [0.2, 0.25) is 0 Å². The van der Waals surface area contributed by atoms with Gasteiger partial charge in [0.25, 0.3) is 0 Å². The average molecular weight is 393 g/mol. The van der Waals surface area contributed by atoms with Crippen molar-refractivity contribution in [3.8, 4) is 0 Å². The Kier molecular flexibility index (Phi) is 5.73. The van der Waals surface area contributed by atoms with Crippen LogP contribution in [0, 0.1) is 5.92 Å². The van der Waals surface area contributed by atoms with Gasteiger partial charge in [0.2, 0.25) is 11.8 Å². The molecule has 4 amide bonds. The summed E-state index contributed by atoms with van der Waals surface area (Å²) in [5, 5.41) is 14.2. The Bertz CT molecular complexity index is 983. The van der Waals surface area contributed by atoms with Gasteiger partial charge in [-0.15, -0.1) is 0 Å². The number of barbiturate groups is 1. The van der Waals surface area contributed by atoms with Gasteiger partial charge in [0.05, 0.1) is 12.1 Å². The highest BCUT2D eigenvalue weighted by molar-refractivity contribution is 6.18. The summed E-state index contributed by atoms with van der Waals surface area (Å²) in [6.45, 7) is 1.70. The van der Waals surface area contributed by atoms with Crippen molar-refractivity contribution in [1.82, 2.24) is 10.2 Å². The molecule has 0 spiro atoms. The molecule has 8 heteroatoms. The van der Waals surface area contributed by atoms with Crippen LogP contribution in [0.15, 0.2) is 66.4 Å². The molecule has 0 radical (unpaired) electrons.